The molecule has 0 bridgehead atoms. The van der Waals surface area contributed by atoms with Gasteiger partial charge in [-0.15, -0.1) is 0 Å². The van der Waals surface area contributed by atoms with Crippen molar-refractivity contribution in [2.45, 2.75) is 0 Å². The second-order valence-corrected chi connectivity index (χ2v) is 7.36. The fourth-order valence-corrected chi connectivity index (χ4v) is 3.62. The summed E-state index contributed by atoms with van der Waals surface area (Å²) in [4.78, 5) is 13.4. The first-order chi connectivity index (χ1) is 14.6. The van der Waals surface area contributed by atoms with Gasteiger partial charge in [-0.25, -0.2) is 14.4 Å². The number of aryl methyl sites for hydroxylation is 1. The molecule has 0 amide bonds. The number of hydrogen-bond donors (Lipinski definition) is 0. The van der Waals surface area contributed by atoms with Crippen molar-refractivity contribution in [2.75, 3.05) is 0 Å². The first-order valence-electron chi connectivity index (χ1n) is 9.24. The minimum Gasteiger partial charge on any atom is -0.275 e. The Hall–Kier alpha value is -3.64. The minimum atomic E-state index is -0.393. The molecule has 7 heteroatoms. The summed E-state index contributed by atoms with van der Waals surface area (Å²) >= 11 is 6.10. The highest BCUT2D eigenvalue weighted by Crippen LogP contribution is 2.34. The maximum atomic E-state index is 14.5. The zero-order valence-corrected chi connectivity index (χ0v) is 16.7. The van der Waals surface area contributed by atoms with Gasteiger partial charge in [0.1, 0.15) is 5.82 Å². The van der Waals surface area contributed by atoms with Crippen LogP contribution in [0.25, 0.3) is 44.5 Å². The van der Waals surface area contributed by atoms with Crippen molar-refractivity contribution in [1.82, 2.24) is 24.7 Å². The average Bonchev–Trinajstić information content (AvgIpc) is 3.21. The molecule has 0 fully saturated rings. The minimum absolute atomic E-state index is 0.327. The maximum Gasteiger partial charge on any atom is 0.160 e. The smallest absolute Gasteiger partial charge is 0.160 e. The summed E-state index contributed by atoms with van der Waals surface area (Å²) in [7, 11) is 1.87. The molecule has 146 valence electrons. The standard InChI is InChI=1S/C23H15ClFN5/c1-30-13-16(12-28-30)14-7-15(11-26-10-14)19-9-22(20-8-17(24)4-5-21(20)25)29-23-18(19)3-2-6-27-23/h2-13H,1H3. The van der Waals surface area contributed by atoms with Crippen LogP contribution in [0.4, 0.5) is 4.39 Å². The lowest BCUT2D eigenvalue weighted by Gasteiger charge is -2.11. The van der Waals surface area contributed by atoms with E-state index in [-0.39, 0.29) is 0 Å². The Morgan fingerprint density at radius 3 is 2.63 bits per heavy atom. The predicted molar refractivity (Wildman–Crippen MR) is 115 cm³/mol. The van der Waals surface area contributed by atoms with Gasteiger partial charge in [0, 0.05) is 64.5 Å². The van der Waals surface area contributed by atoms with Crippen LogP contribution in [-0.2, 0) is 7.05 Å². The van der Waals surface area contributed by atoms with E-state index in [9.17, 15) is 4.39 Å². The Morgan fingerprint density at radius 2 is 1.80 bits per heavy atom. The van der Waals surface area contributed by atoms with E-state index in [1.807, 2.05) is 37.5 Å². The van der Waals surface area contributed by atoms with Crippen molar-refractivity contribution < 1.29 is 4.39 Å². The predicted octanol–water partition coefficient (Wildman–Crippen LogP) is 5.55. The topological polar surface area (TPSA) is 56.5 Å². The van der Waals surface area contributed by atoms with Crippen LogP contribution in [0.3, 0.4) is 0 Å². The molecule has 0 unspecified atom stereocenters. The van der Waals surface area contributed by atoms with Gasteiger partial charge < -0.3 is 0 Å². The van der Waals surface area contributed by atoms with Gasteiger partial charge in [0.2, 0.25) is 0 Å². The Labute approximate surface area is 176 Å². The zero-order chi connectivity index (χ0) is 20.7. The third-order valence-corrected chi connectivity index (χ3v) is 5.11. The van der Waals surface area contributed by atoms with Gasteiger partial charge in [-0.2, -0.15) is 5.10 Å². The summed E-state index contributed by atoms with van der Waals surface area (Å²) in [6, 6.07) is 12.1. The van der Waals surface area contributed by atoms with Crippen LogP contribution in [0.2, 0.25) is 5.02 Å². The third kappa shape index (κ3) is 3.31. The lowest BCUT2D eigenvalue weighted by Crippen LogP contribution is -1.94. The number of pyridine rings is 3. The van der Waals surface area contributed by atoms with E-state index in [2.05, 4.69) is 20.1 Å². The van der Waals surface area contributed by atoms with Crippen LogP contribution >= 0.6 is 11.6 Å². The van der Waals surface area contributed by atoms with Crippen LogP contribution < -0.4 is 0 Å². The average molecular weight is 416 g/mol. The van der Waals surface area contributed by atoms with Gasteiger partial charge in [-0.05, 0) is 48.0 Å². The largest absolute Gasteiger partial charge is 0.275 e. The molecular formula is C23H15ClFN5. The van der Waals surface area contributed by atoms with Crippen molar-refractivity contribution in [3.05, 3.63) is 84.3 Å². The normalized spacial score (nSPS) is 11.2. The molecule has 0 aliphatic carbocycles. The van der Waals surface area contributed by atoms with Crippen LogP contribution in [0.5, 0.6) is 0 Å². The third-order valence-electron chi connectivity index (χ3n) is 4.88. The fraction of sp³-hybridized carbons (Fsp3) is 0.0435. The molecule has 0 saturated carbocycles. The van der Waals surface area contributed by atoms with Gasteiger partial charge in [0.25, 0.3) is 0 Å². The van der Waals surface area contributed by atoms with Crippen molar-refractivity contribution in [1.29, 1.82) is 0 Å². The first kappa shape index (κ1) is 18.4. The molecule has 0 aliphatic rings. The second-order valence-electron chi connectivity index (χ2n) is 6.92. The lowest BCUT2D eigenvalue weighted by molar-refractivity contribution is 0.631. The van der Waals surface area contributed by atoms with E-state index < -0.39 is 5.82 Å². The van der Waals surface area contributed by atoms with Gasteiger partial charge in [0.05, 0.1) is 11.9 Å². The highest BCUT2D eigenvalue weighted by molar-refractivity contribution is 6.30. The quantitative estimate of drug-likeness (QED) is 0.387. The summed E-state index contributed by atoms with van der Waals surface area (Å²) in [5, 5.41) is 5.53. The maximum absolute atomic E-state index is 14.5. The number of nitrogens with zero attached hydrogens (tertiary/aromatic N) is 5. The number of halogens is 2. The van der Waals surface area contributed by atoms with Crippen LogP contribution in [0.1, 0.15) is 0 Å². The van der Waals surface area contributed by atoms with Crippen LogP contribution in [0.15, 0.2) is 73.4 Å². The number of rotatable bonds is 3. The molecule has 4 heterocycles. The van der Waals surface area contributed by atoms with Gasteiger partial charge in [-0.1, -0.05) is 11.6 Å². The molecule has 30 heavy (non-hydrogen) atoms. The van der Waals surface area contributed by atoms with Crippen molar-refractivity contribution >= 4 is 22.6 Å². The zero-order valence-electron chi connectivity index (χ0n) is 15.9. The molecule has 0 N–H and O–H groups in total. The van der Waals surface area contributed by atoms with Crippen LogP contribution in [-0.4, -0.2) is 24.7 Å². The molecular weight excluding hydrogens is 401 g/mol. The highest BCUT2D eigenvalue weighted by Gasteiger charge is 2.14. The molecule has 5 rings (SSSR count). The second kappa shape index (κ2) is 7.31. The Kier molecular flexibility index (Phi) is 4.48. The van der Waals surface area contributed by atoms with Crippen molar-refractivity contribution in [3.8, 4) is 33.5 Å². The van der Waals surface area contributed by atoms with E-state index in [1.165, 1.54) is 12.1 Å². The molecule has 0 atom stereocenters. The van der Waals surface area contributed by atoms with Crippen LogP contribution in [0, 0.1) is 5.82 Å². The molecule has 4 aromatic heterocycles. The monoisotopic (exact) mass is 415 g/mol. The first-order valence-corrected chi connectivity index (χ1v) is 9.62. The number of fused-ring (bicyclic) bond motifs is 1. The number of aromatic nitrogens is 5. The van der Waals surface area contributed by atoms with Crippen molar-refractivity contribution in [3.63, 3.8) is 0 Å². The van der Waals surface area contributed by atoms with E-state index in [0.29, 0.717) is 21.9 Å². The van der Waals surface area contributed by atoms with Crippen molar-refractivity contribution in [2.24, 2.45) is 7.05 Å². The van der Waals surface area contributed by atoms with E-state index >= 15 is 0 Å². The Morgan fingerprint density at radius 1 is 0.933 bits per heavy atom. The van der Waals surface area contributed by atoms with Gasteiger partial charge in [0.15, 0.2) is 5.65 Å². The van der Waals surface area contributed by atoms with E-state index in [0.717, 1.165) is 27.6 Å². The number of benzene rings is 1. The van der Waals surface area contributed by atoms with Gasteiger partial charge >= 0.3 is 0 Å². The summed E-state index contributed by atoms with van der Waals surface area (Å²) < 4.78 is 16.3. The molecule has 0 aliphatic heterocycles. The summed E-state index contributed by atoms with van der Waals surface area (Å²) in [5.74, 6) is -0.393. The number of hydrogen-bond acceptors (Lipinski definition) is 4. The summed E-state index contributed by atoms with van der Waals surface area (Å²) in [5.41, 5.74) is 4.95. The SMILES string of the molecule is Cn1cc(-c2cncc(-c3cc(-c4cc(Cl)ccc4F)nc4ncccc34)c2)cn1. The fourth-order valence-electron chi connectivity index (χ4n) is 3.44. The Balaban J connectivity index is 1.74. The highest BCUT2D eigenvalue weighted by atomic mass is 35.5. The molecule has 5 nitrogen and oxygen atoms in total. The van der Waals surface area contributed by atoms with E-state index in [4.69, 9.17) is 11.6 Å². The summed E-state index contributed by atoms with van der Waals surface area (Å²) in [6.45, 7) is 0. The molecule has 0 saturated heterocycles. The van der Waals surface area contributed by atoms with E-state index in [1.54, 1.807) is 35.5 Å². The molecule has 0 spiro atoms. The molecule has 0 radical (unpaired) electrons. The lowest BCUT2D eigenvalue weighted by atomic mass is 9.99. The summed E-state index contributed by atoms with van der Waals surface area (Å²) in [6.07, 6.45) is 8.96. The Bertz CT molecular complexity index is 1400. The van der Waals surface area contributed by atoms with Gasteiger partial charge in [-0.3, -0.25) is 9.67 Å². The molecule has 1 aromatic carbocycles. The molecule has 5 aromatic rings.